The summed E-state index contributed by atoms with van der Waals surface area (Å²) in [6.45, 7) is 4.21. The van der Waals surface area contributed by atoms with Crippen LogP contribution in [0.3, 0.4) is 0 Å². The van der Waals surface area contributed by atoms with E-state index in [4.69, 9.17) is 5.73 Å². The first-order chi connectivity index (χ1) is 13.7. The monoisotopic (exact) mass is 408 g/mol. The third-order valence-corrected chi connectivity index (χ3v) is 4.00. The van der Waals surface area contributed by atoms with Gasteiger partial charge in [0, 0.05) is 17.3 Å². The van der Waals surface area contributed by atoms with Gasteiger partial charge in [0.1, 0.15) is 5.75 Å². The maximum absolute atomic E-state index is 12.2. The van der Waals surface area contributed by atoms with E-state index in [1.807, 2.05) is 13.8 Å². The fourth-order valence-electron chi connectivity index (χ4n) is 2.27. The van der Waals surface area contributed by atoms with Crippen molar-refractivity contribution in [2.45, 2.75) is 39.2 Å². The highest BCUT2D eigenvalue weighted by Gasteiger charge is 2.30. The molecule has 0 radical (unpaired) electrons. The Morgan fingerprint density at radius 3 is 2.31 bits per heavy atom. The number of carbonyl (C=O) groups excluding carboxylic acids is 1. The molecular weight excluding hydrogens is 385 g/mol. The Morgan fingerprint density at radius 2 is 1.76 bits per heavy atom. The Kier molecular flexibility index (Phi) is 7.46. The molecule has 0 saturated carbocycles. The minimum atomic E-state index is -4.74. The molecule has 0 saturated heterocycles. The average Bonchev–Trinajstić information content (AvgIpc) is 2.67. The molecule has 2 rings (SSSR count). The number of carbonyl (C=O) groups is 1. The summed E-state index contributed by atoms with van der Waals surface area (Å²) in [6, 6.07) is 12.2. The largest absolute Gasteiger partial charge is 0.573 e. The first-order valence-corrected chi connectivity index (χ1v) is 8.99. The second-order valence-corrected chi connectivity index (χ2v) is 6.38. The summed E-state index contributed by atoms with van der Waals surface area (Å²) in [5.41, 5.74) is 7.69. The van der Waals surface area contributed by atoms with Gasteiger partial charge < -0.3 is 21.1 Å². The number of aliphatic imine (C=N–C) groups is 1. The van der Waals surface area contributed by atoms with Crippen LogP contribution in [-0.2, 0) is 6.54 Å². The van der Waals surface area contributed by atoms with Crippen molar-refractivity contribution in [3.63, 3.8) is 0 Å². The van der Waals surface area contributed by atoms with E-state index in [1.165, 1.54) is 24.3 Å². The molecule has 1 amide bonds. The number of hydrogen-bond acceptors (Lipinski definition) is 3. The summed E-state index contributed by atoms with van der Waals surface area (Å²) in [5, 5.41) is 5.68. The van der Waals surface area contributed by atoms with Gasteiger partial charge in [-0.05, 0) is 55.3 Å². The van der Waals surface area contributed by atoms with E-state index >= 15 is 0 Å². The molecule has 0 aliphatic rings. The summed E-state index contributed by atoms with van der Waals surface area (Å²) in [4.78, 5) is 16.2. The number of rotatable bonds is 7. The number of amides is 1. The third kappa shape index (κ3) is 7.73. The zero-order valence-electron chi connectivity index (χ0n) is 16.1. The van der Waals surface area contributed by atoms with Crippen molar-refractivity contribution in [3.05, 3.63) is 59.7 Å². The van der Waals surface area contributed by atoms with Gasteiger partial charge in [-0.1, -0.05) is 19.1 Å². The molecule has 0 aromatic heterocycles. The Labute approximate surface area is 167 Å². The van der Waals surface area contributed by atoms with Crippen LogP contribution in [0.2, 0.25) is 0 Å². The Hall–Kier alpha value is -3.23. The number of guanidine groups is 1. The number of hydrogen-bond donors (Lipinski definition) is 3. The van der Waals surface area contributed by atoms with E-state index < -0.39 is 6.36 Å². The van der Waals surface area contributed by atoms with Gasteiger partial charge in [0.05, 0.1) is 6.54 Å². The maximum atomic E-state index is 12.2. The molecule has 0 aliphatic heterocycles. The molecule has 1 unspecified atom stereocenters. The van der Waals surface area contributed by atoms with Crippen molar-refractivity contribution in [1.29, 1.82) is 0 Å². The topological polar surface area (TPSA) is 88.7 Å². The van der Waals surface area contributed by atoms with E-state index in [1.54, 1.807) is 24.3 Å². The summed E-state index contributed by atoms with van der Waals surface area (Å²) in [7, 11) is 0. The molecule has 9 heteroatoms. The van der Waals surface area contributed by atoms with Crippen LogP contribution < -0.4 is 21.1 Å². The van der Waals surface area contributed by atoms with Crippen LogP contribution in [0.4, 0.5) is 18.9 Å². The maximum Gasteiger partial charge on any atom is 0.573 e. The van der Waals surface area contributed by atoms with E-state index in [0.717, 1.165) is 12.0 Å². The van der Waals surface area contributed by atoms with Crippen LogP contribution in [0.1, 0.15) is 36.2 Å². The van der Waals surface area contributed by atoms with Crippen LogP contribution in [0.15, 0.2) is 53.5 Å². The van der Waals surface area contributed by atoms with Crippen molar-refractivity contribution in [1.82, 2.24) is 5.32 Å². The molecule has 0 spiro atoms. The van der Waals surface area contributed by atoms with Gasteiger partial charge in [-0.25, -0.2) is 4.99 Å². The van der Waals surface area contributed by atoms with E-state index in [0.29, 0.717) is 11.3 Å². The molecular formula is C20H23F3N4O2. The predicted octanol–water partition coefficient (Wildman–Crippen LogP) is 4.04. The number of halogens is 3. The van der Waals surface area contributed by atoms with Gasteiger partial charge in [-0.2, -0.15) is 0 Å². The zero-order valence-corrected chi connectivity index (χ0v) is 16.1. The summed E-state index contributed by atoms with van der Waals surface area (Å²) < 4.78 is 40.3. The highest BCUT2D eigenvalue weighted by atomic mass is 19.4. The van der Waals surface area contributed by atoms with Crippen molar-refractivity contribution in [3.8, 4) is 5.75 Å². The van der Waals surface area contributed by atoms with Gasteiger partial charge in [0.15, 0.2) is 5.96 Å². The molecule has 29 heavy (non-hydrogen) atoms. The molecule has 0 aliphatic carbocycles. The molecule has 2 aromatic rings. The van der Waals surface area contributed by atoms with E-state index in [9.17, 15) is 18.0 Å². The quantitative estimate of drug-likeness (QED) is 0.477. The lowest BCUT2D eigenvalue weighted by atomic mass is 10.1. The predicted molar refractivity (Wildman–Crippen MR) is 106 cm³/mol. The van der Waals surface area contributed by atoms with Crippen LogP contribution in [0.25, 0.3) is 0 Å². The smallest absolute Gasteiger partial charge is 0.406 e. The highest BCUT2D eigenvalue weighted by Crippen LogP contribution is 2.23. The van der Waals surface area contributed by atoms with Gasteiger partial charge >= 0.3 is 6.36 Å². The molecule has 156 valence electrons. The first-order valence-electron chi connectivity index (χ1n) is 8.99. The molecule has 0 fully saturated rings. The lowest BCUT2D eigenvalue weighted by Gasteiger charge is -2.11. The zero-order chi connectivity index (χ0) is 21.4. The third-order valence-electron chi connectivity index (χ3n) is 4.00. The highest BCUT2D eigenvalue weighted by molar-refractivity contribution is 5.94. The van der Waals surface area contributed by atoms with Crippen molar-refractivity contribution < 1.29 is 22.7 Å². The van der Waals surface area contributed by atoms with Crippen molar-refractivity contribution in [2.75, 3.05) is 5.32 Å². The lowest BCUT2D eigenvalue weighted by molar-refractivity contribution is -0.274. The van der Waals surface area contributed by atoms with Gasteiger partial charge in [-0.3, -0.25) is 4.79 Å². The number of benzene rings is 2. The van der Waals surface area contributed by atoms with Crippen LogP contribution in [-0.4, -0.2) is 24.3 Å². The lowest BCUT2D eigenvalue weighted by Crippen LogP contribution is -2.31. The minimum Gasteiger partial charge on any atom is -0.406 e. The molecule has 6 nitrogen and oxygen atoms in total. The summed E-state index contributed by atoms with van der Waals surface area (Å²) in [6.07, 6.45) is -3.89. The number of alkyl halides is 3. The standard InChI is InChI=1S/C20H23F3N4O2/c1-3-13(2)26-18(28)15-6-4-14(5-7-15)12-25-19(24)27-16-8-10-17(11-9-16)29-20(21,22)23/h4-11,13H,3,12H2,1-2H3,(H,26,28)(H3,24,25,27). The first kappa shape index (κ1) is 22.1. The van der Waals surface area contributed by atoms with Crippen molar-refractivity contribution in [2.24, 2.45) is 10.7 Å². The Balaban J connectivity index is 1.90. The number of nitrogens with one attached hydrogen (secondary N) is 2. The molecule has 0 heterocycles. The van der Waals surface area contributed by atoms with Crippen LogP contribution in [0.5, 0.6) is 5.75 Å². The number of anilines is 1. The normalized spacial score (nSPS) is 12.9. The molecule has 0 bridgehead atoms. The second-order valence-electron chi connectivity index (χ2n) is 6.38. The van der Waals surface area contributed by atoms with Gasteiger partial charge in [0.25, 0.3) is 5.91 Å². The van der Waals surface area contributed by atoms with E-state index in [-0.39, 0.29) is 30.2 Å². The minimum absolute atomic E-state index is 0.103. The number of ether oxygens (including phenoxy) is 1. The summed E-state index contributed by atoms with van der Waals surface area (Å²) >= 11 is 0. The fourth-order valence-corrected chi connectivity index (χ4v) is 2.27. The SMILES string of the molecule is CCC(C)NC(=O)c1ccc(CN=C(N)Nc2ccc(OC(F)(F)F)cc2)cc1. The molecule has 4 N–H and O–H groups in total. The summed E-state index contributed by atoms with van der Waals surface area (Å²) in [5.74, 6) is -0.349. The van der Waals surface area contributed by atoms with Gasteiger partial charge in [-0.15, -0.1) is 13.2 Å². The number of nitrogens with two attached hydrogens (primary N) is 1. The Morgan fingerprint density at radius 1 is 1.14 bits per heavy atom. The van der Waals surface area contributed by atoms with Crippen LogP contribution >= 0.6 is 0 Å². The fraction of sp³-hybridized carbons (Fsp3) is 0.300. The number of nitrogens with zero attached hydrogens (tertiary/aromatic N) is 1. The second kappa shape index (κ2) is 9.81. The average molecular weight is 408 g/mol. The van der Waals surface area contributed by atoms with Crippen molar-refractivity contribution >= 4 is 17.6 Å². The molecule has 2 aromatic carbocycles. The van der Waals surface area contributed by atoms with Crippen LogP contribution in [0, 0.1) is 0 Å². The Bertz CT molecular complexity index is 834. The van der Waals surface area contributed by atoms with Gasteiger partial charge in [0.2, 0.25) is 0 Å². The molecule has 1 atom stereocenters. The van der Waals surface area contributed by atoms with E-state index in [2.05, 4.69) is 20.4 Å².